The van der Waals surface area contributed by atoms with Gasteiger partial charge < -0.3 is 22.0 Å². The highest BCUT2D eigenvalue weighted by atomic mass is 32.2. The lowest BCUT2D eigenvalue weighted by atomic mass is 10.2. The zero-order valence-corrected chi connectivity index (χ0v) is 15.9. The summed E-state index contributed by atoms with van der Waals surface area (Å²) in [7, 11) is -6.19. The van der Waals surface area contributed by atoms with Crippen molar-refractivity contribution in [2.75, 3.05) is 0 Å². The Morgan fingerprint density at radius 3 is 1.89 bits per heavy atom. The molecule has 0 saturated carbocycles. The molecule has 1 aliphatic heterocycles. The fourth-order valence-corrected chi connectivity index (χ4v) is 4.27. The van der Waals surface area contributed by atoms with Crippen LogP contribution in [0.1, 0.15) is 39.0 Å². The van der Waals surface area contributed by atoms with E-state index in [1.807, 2.05) is 24.3 Å². The number of hydrogen-bond donors (Lipinski definition) is 0. The van der Waals surface area contributed by atoms with Gasteiger partial charge in [-0.15, -0.1) is 0 Å². The summed E-state index contributed by atoms with van der Waals surface area (Å²) in [5.41, 5.74) is 0. The molecule has 2 aromatic rings. The monoisotopic (exact) mass is 396 g/mol. The third-order valence-corrected chi connectivity index (χ3v) is 5.59. The molecule has 3 rings (SSSR count). The molecule has 0 radical (unpaired) electrons. The van der Waals surface area contributed by atoms with Crippen LogP contribution in [0.4, 0.5) is 17.3 Å². The molecule has 0 unspecified atom stereocenters. The zero-order valence-electron chi connectivity index (χ0n) is 15.1. The van der Waals surface area contributed by atoms with Gasteiger partial charge in [-0.25, -0.2) is 0 Å². The molecule has 2 aromatic carbocycles. The fraction of sp³-hybridized carbons (Fsp3) is 0.300. The van der Waals surface area contributed by atoms with Crippen LogP contribution in [0.15, 0.2) is 58.3 Å². The number of rotatable bonds is 4. The van der Waals surface area contributed by atoms with Crippen LogP contribution >= 0.6 is 0 Å². The Balaban J connectivity index is 0.000000465. The highest BCUT2D eigenvalue weighted by molar-refractivity contribution is 8.01. The normalized spacial score (nSPS) is 12.5. The van der Waals surface area contributed by atoms with Crippen LogP contribution in [0.5, 0.6) is 11.5 Å². The van der Waals surface area contributed by atoms with Crippen molar-refractivity contribution >= 4 is 18.1 Å². The van der Waals surface area contributed by atoms with Crippen LogP contribution in [0.3, 0.4) is 0 Å². The molecule has 144 valence electrons. The maximum absolute atomic E-state index is 9.75. The van der Waals surface area contributed by atoms with Gasteiger partial charge in [0, 0.05) is 6.42 Å². The molecule has 0 atom stereocenters. The van der Waals surface area contributed by atoms with Crippen molar-refractivity contribution in [1.29, 1.82) is 0 Å². The molecule has 1 nitrogen and oxygen atoms in total. The van der Waals surface area contributed by atoms with E-state index in [2.05, 4.69) is 42.4 Å². The molecule has 1 heterocycles. The van der Waals surface area contributed by atoms with Crippen LogP contribution in [-0.4, -0.2) is 7.25 Å². The zero-order chi connectivity index (χ0) is 19.7. The largest absolute Gasteiger partial charge is 0.673 e. The molecule has 27 heavy (non-hydrogen) atoms. The first kappa shape index (κ1) is 21.2. The summed E-state index contributed by atoms with van der Waals surface area (Å²) < 4.78 is 45.0. The predicted molar refractivity (Wildman–Crippen MR) is 104 cm³/mol. The molecule has 0 aromatic heterocycles. The Hall–Kier alpha value is -2.07. The third kappa shape index (κ3) is 7.22. The van der Waals surface area contributed by atoms with Crippen LogP contribution in [-0.2, 0) is 10.9 Å². The van der Waals surface area contributed by atoms with Crippen LogP contribution in [0, 0.1) is 11.2 Å². The molecule has 0 amide bonds. The summed E-state index contributed by atoms with van der Waals surface area (Å²) in [6, 6.07) is 16.5. The van der Waals surface area contributed by atoms with Gasteiger partial charge in [-0.1, -0.05) is 50.5 Å². The van der Waals surface area contributed by atoms with Crippen molar-refractivity contribution in [2.45, 2.75) is 48.8 Å². The second-order valence-electron chi connectivity index (χ2n) is 5.89. The standard InChI is InChI=1S/C20H21OS.BF4/c1-2-3-4-5-6-11-16-22-19-14-9-7-12-17(19)21-18-13-8-10-15-20(18)22;2-1(3,4)5/h7-10,12-15H,2-6H2,1H3;/q+1;-1. The van der Waals surface area contributed by atoms with E-state index in [0.29, 0.717) is 0 Å². The SMILES string of the molecule is CCCCCCC#C[S+]1c2ccccc2Oc2ccccc21.F[B-](F)(F)F. The van der Waals surface area contributed by atoms with Gasteiger partial charge in [-0.2, -0.15) is 0 Å². The molecule has 0 N–H and O–H groups in total. The molecular weight excluding hydrogens is 375 g/mol. The second-order valence-corrected chi connectivity index (χ2v) is 7.58. The number of para-hydroxylation sites is 2. The summed E-state index contributed by atoms with van der Waals surface area (Å²) in [5.74, 6) is 5.30. The lowest BCUT2D eigenvalue weighted by molar-refractivity contribution is 0.368. The van der Waals surface area contributed by atoms with Crippen molar-refractivity contribution < 1.29 is 22.0 Å². The topological polar surface area (TPSA) is 9.23 Å². The van der Waals surface area contributed by atoms with Crippen LogP contribution < -0.4 is 4.74 Å². The van der Waals surface area contributed by atoms with Crippen molar-refractivity contribution in [3.05, 3.63) is 48.5 Å². The van der Waals surface area contributed by atoms with E-state index in [9.17, 15) is 17.3 Å². The first-order chi connectivity index (χ1) is 12.9. The minimum absolute atomic E-state index is 0.188. The summed E-state index contributed by atoms with van der Waals surface area (Å²) in [4.78, 5) is 2.42. The predicted octanol–water partition coefficient (Wildman–Crippen LogP) is 7.06. The Morgan fingerprint density at radius 2 is 1.37 bits per heavy atom. The van der Waals surface area contributed by atoms with E-state index in [0.717, 1.165) is 17.9 Å². The van der Waals surface area contributed by atoms with E-state index in [1.54, 1.807) is 0 Å². The summed E-state index contributed by atoms with van der Waals surface area (Å²) in [6.07, 6.45) is 6.07. The van der Waals surface area contributed by atoms with Gasteiger partial charge in [0.05, 0.1) is 0 Å². The minimum Gasteiger partial charge on any atom is -0.447 e. The first-order valence-corrected chi connectivity index (χ1v) is 10.1. The molecule has 0 bridgehead atoms. The van der Waals surface area contributed by atoms with E-state index in [4.69, 9.17) is 4.74 Å². The van der Waals surface area contributed by atoms with Crippen molar-refractivity contribution in [3.8, 4) is 22.7 Å². The van der Waals surface area contributed by atoms with Gasteiger partial charge in [0.15, 0.2) is 27.6 Å². The Kier molecular flexibility index (Phi) is 8.11. The van der Waals surface area contributed by atoms with Gasteiger partial charge >= 0.3 is 7.25 Å². The summed E-state index contributed by atoms with van der Waals surface area (Å²) in [6.45, 7) is 2.24. The molecule has 0 aliphatic carbocycles. The van der Waals surface area contributed by atoms with Crippen molar-refractivity contribution in [1.82, 2.24) is 0 Å². The Bertz CT molecular complexity index is 747. The lowest BCUT2D eigenvalue weighted by Gasteiger charge is -2.16. The summed E-state index contributed by atoms with van der Waals surface area (Å²) >= 11 is 0. The van der Waals surface area contributed by atoms with Gasteiger partial charge in [0.25, 0.3) is 0 Å². The van der Waals surface area contributed by atoms with Gasteiger partial charge in [0.1, 0.15) is 0 Å². The van der Waals surface area contributed by atoms with Gasteiger partial charge in [-0.05, 0) is 36.6 Å². The van der Waals surface area contributed by atoms with E-state index >= 15 is 0 Å². The Morgan fingerprint density at radius 1 is 0.852 bits per heavy atom. The number of benzene rings is 2. The van der Waals surface area contributed by atoms with Crippen molar-refractivity contribution in [3.63, 3.8) is 0 Å². The summed E-state index contributed by atoms with van der Waals surface area (Å²) in [5, 5.41) is 3.51. The number of halogens is 4. The third-order valence-electron chi connectivity index (χ3n) is 3.69. The first-order valence-electron chi connectivity index (χ1n) is 8.86. The molecule has 1 aliphatic rings. The van der Waals surface area contributed by atoms with E-state index < -0.39 is 7.25 Å². The smallest absolute Gasteiger partial charge is 0.447 e. The molecule has 0 saturated heterocycles. The van der Waals surface area contributed by atoms with Gasteiger partial charge in [-0.3, -0.25) is 0 Å². The number of hydrogen-bond acceptors (Lipinski definition) is 1. The van der Waals surface area contributed by atoms with Crippen molar-refractivity contribution in [2.24, 2.45) is 0 Å². The molecule has 0 spiro atoms. The fourth-order valence-electron chi connectivity index (χ4n) is 2.52. The number of ether oxygens (including phenoxy) is 1. The minimum atomic E-state index is -6.00. The number of unbranched alkanes of at least 4 members (excludes halogenated alkanes) is 4. The van der Waals surface area contributed by atoms with Crippen LogP contribution in [0.25, 0.3) is 0 Å². The maximum atomic E-state index is 9.75. The molecule has 7 heteroatoms. The molecular formula is C20H21BF4OS. The van der Waals surface area contributed by atoms with Gasteiger partial charge in [0.2, 0.25) is 9.79 Å². The highest BCUT2D eigenvalue weighted by Gasteiger charge is 2.36. The average molecular weight is 396 g/mol. The number of fused-ring (bicyclic) bond motifs is 2. The maximum Gasteiger partial charge on any atom is 0.673 e. The van der Waals surface area contributed by atoms with Crippen LogP contribution in [0.2, 0.25) is 0 Å². The second kappa shape index (κ2) is 10.3. The molecule has 0 fully saturated rings. The average Bonchev–Trinajstić information content (AvgIpc) is 2.62. The van der Waals surface area contributed by atoms with E-state index in [-0.39, 0.29) is 10.9 Å². The van der Waals surface area contributed by atoms with E-state index in [1.165, 1.54) is 35.5 Å². The Labute approximate surface area is 160 Å². The highest BCUT2D eigenvalue weighted by Crippen LogP contribution is 2.43. The lowest BCUT2D eigenvalue weighted by Crippen LogP contribution is -2.09. The quantitative estimate of drug-likeness (QED) is 0.177.